The van der Waals surface area contributed by atoms with Gasteiger partial charge in [-0.05, 0) is 37.6 Å². The Kier molecular flexibility index (Phi) is 4.31. The molecule has 0 fully saturated rings. The number of nitrogens with one attached hydrogen (secondary N) is 1. The summed E-state index contributed by atoms with van der Waals surface area (Å²) in [6, 6.07) is 13.8. The number of rotatable bonds is 4. The van der Waals surface area contributed by atoms with Crippen LogP contribution in [0.5, 0.6) is 0 Å². The lowest BCUT2D eigenvalue weighted by molar-refractivity contribution is -0.115. The van der Waals surface area contributed by atoms with Crippen molar-refractivity contribution < 1.29 is 9.21 Å². The largest absolute Gasteiger partial charge is 0.464 e. The van der Waals surface area contributed by atoms with Crippen LogP contribution < -0.4 is 5.32 Å². The normalized spacial score (nSPS) is 11.0. The highest BCUT2D eigenvalue weighted by Crippen LogP contribution is 2.25. The first-order chi connectivity index (χ1) is 12.6. The number of aryl methyl sites for hydroxylation is 2. The number of nitrogens with zero attached hydrogens (tertiary/aromatic N) is 1. The van der Waals surface area contributed by atoms with E-state index in [2.05, 4.69) is 10.3 Å². The van der Waals surface area contributed by atoms with Crippen molar-refractivity contribution in [2.45, 2.75) is 20.3 Å². The Morgan fingerprint density at radius 2 is 2.08 bits per heavy atom. The predicted molar refractivity (Wildman–Crippen MR) is 106 cm³/mol. The first-order valence-corrected chi connectivity index (χ1v) is 9.25. The van der Waals surface area contributed by atoms with E-state index >= 15 is 0 Å². The molecule has 0 aliphatic rings. The maximum atomic E-state index is 12.5. The van der Waals surface area contributed by atoms with Gasteiger partial charge in [0, 0.05) is 27.6 Å². The molecule has 0 bridgehead atoms. The summed E-state index contributed by atoms with van der Waals surface area (Å²) in [7, 11) is 0. The molecule has 0 unspecified atom stereocenters. The van der Waals surface area contributed by atoms with Gasteiger partial charge in [-0.1, -0.05) is 24.3 Å². The van der Waals surface area contributed by atoms with Gasteiger partial charge in [-0.2, -0.15) is 0 Å². The summed E-state index contributed by atoms with van der Waals surface area (Å²) in [6.45, 7) is 4.00. The molecule has 0 radical (unpaired) electrons. The number of aromatic nitrogens is 1. The summed E-state index contributed by atoms with van der Waals surface area (Å²) < 4.78 is 5.57. The lowest BCUT2D eigenvalue weighted by Gasteiger charge is -2.06. The zero-order valence-electron chi connectivity index (χ0n) is 14.6. The van der Waals surface area contributed by atoms with Crippen LogP contribution in [0.4, 0.5) is 5.69 Å². The van der Waals surface area contributed by atoms with Gasteiger partial charge >= 0.3 is 0 Å². The Balaban J connectivity index is 1.51. The van der Waals surface area contributed by atoms with E-state index in [9.17, 15) is 4.79 Å². The maximum Gasteiger partial charge on any atom is 0.228 e. The molecular weight excluding hydrogens is 344 g/mol. The molecule has 0 spiro atoms. The molecule has 4 rings (SSSR count). The summed E-state index contributed by atoms with van der Waals surface area (Å²) in [6.07, 6.45) is 1.94. The van der Waals surface area contributed by atoms with Gasteiger partial charge in [0.2, 0.25) is 5.91 Å². The fourth-order valence-corrected chi connectivity index (χ4v) is 3.58. The van der Waals surface area contributed by atoms with Crippen molar-refractivity contribution in [1.82, 2.24) is 4.98 Å². The Morgan fingerprint density at radius 1 is 1.19 bits per heavy atom. The molecule has 130 valence electrons. The lowest BCUT2D eigenvalue weighted by Crippen LogP contribution is -2.14. The minimum absolute atomic E-state index is 0.0696. The van der Waals surface area contributed by atoms with Gasteiger partial charge in [-0.25, -0.2) is 4.98 Å². The smallest absolute Gasteiger partial charge is 0.228 e. The highest BCUT2D eigenvalue weighted by atomic mass is 32.1. The minimum atomic E-state index is -0.0696. The number of hydrogen-bond donors (Lipinski definition) is 1. The van der Waals surface area contributed by atoms with Crippen molar-refractivity contribution in [1.29, 1.82) is 0 Å². The van der Waals surface area contributed by atoms with Crippen molar-refractivity contribution in [3.63, 3.8) is 0 Å². The predicted octanol–water partition coefficient (Wildman–Crippen LogP) is 5.35. The molecule has 0 atom stereocenters. The summed E-state index contributed by atoms with van der Waals surface area (Å²) in [5.41, 5.74) is 5.53. The summed E-state index contributed by atoms with van der Waals surface area (Å²) in [4.78, 5) is 17.0. The maximum absolute atomic E-state index is 12.5. The summed E-state index contributed by atoms with van der Waals surface area (Å²) >= 11 is 1.61. The zero-order valence-corrected chi connectivity index (χ0v) is 15.4. The molecule has 2 heterocycles. The van der Waals surface area contributed by atoms with Crippen LogP contribution in [-0.4, -0.2) is 10.9 Å². The number of hydrogen-bond acceptors (Lipinski definition) is 4. The Hall–Kier alpha value is -2.92. The molecule has 1 N–H and O–H groups in total. The van der Waals surface area contributed by atoms with Crippen molar-refractivity contribution in [3.05, 3.63) is 70.2 Å². The average molecular weight is 362 g/mol. The van der Waals surface area contributed by atoms with E-state index in [1.54, 1.807) is 17.6 Å². The van der Waals surface area contributed by atoms with E-state index in [0.29, 0.717) is 0 Å². The van der Waals surface area contributed by atoms with E-state index in [1.165, 1.54) is 0 Å². The molecule has 2 aromatic carbocycles. The summed E-state index contributed by atoms with van der Waals surface area (Å²) in [5.74, 6) is -0.0696. The van der Waals surface area contributed by atoms with Crippen molar-refractivity contribution >= 4 is 33.9 Å². The number of carbonyl (C=O) groups is 1. The molecule has 4 nitrogen and oxygen atoms in total. The van der Waals surface area contributed by atoms with Crippen LogP contribution in [0.3, 0.4) is 0 Å². The van der Waals surface area contributed by atoms with E-state index in [1.807, 2.05) is 61.7 Å². The van der Waals surface area contributed by atoms with E-state index in [4.69, 9.17) is 4.42 Å². The third-order valence-electron chi connectivity index (χ3n) is 4.22. The van der Waals surface area contributed by atoms with Crippen LogP contribution in [0.15, 0.2) is 58.5 Å². The zero-order chi connectivity index (χ0) is 18.1. The molecule has 1 amide bonds. The van der Waals surface area contributed by atoms with E-state index in [0.717, 1.165) is 44.0 Å². The third-order valence-corrected chi connectivity index (χ3v) is 5.00. The summed E-state index contributed by atoms with van der Waals surface area (Å²) in [5, 5.41) is 7.00. The van der Waals surface area contributed by atoms with E-state index in [-0.39, 0.29) is 12.3 Å². The number of benzene rings is 2. The van der Waals surface area contributed by atoms with E-state index < -0.39 is 0 Å². The third kappa shape index (κ3) is 3.39. The van der Waals surface area contributed by atoms with Crippen LogP contribution in [0.2, 0.25) is 0 Å². The molecule has 0 aliphatic carbocycles. The van der Waals surface area contributed by atoms with Gasteiger partial charge in [0.1, 0.15) is 5.58 Å². The molecule has 26 heavy (non-hydrogen) atoms. The fourth-order valence-electron chi connectivity index (χ4n) is 2.96. The second kappa shape index (κ2) is 6.77. The van der Waals surface area contributed by atoms with Gasteiger partial charge < -0.3 is 9.73 Å². The van der Waals surface area contributed by atoms with Gasteiger partial charge in [0.25, 0.3) is 0 Å². The SMILES string of the molecule is Cc1ccc2c(CC(=O)Nc3cccc(-c4csc(C)n4)c3)coc2c1. The lowest BCUT2D eigenvalue weighted by atomic mass is 10.1. The van der Waals surface area contributed by atoms with Gasteiger partial charge in [0.05, 0.1) is 23.4 Å². The number of furan rings is 1. The van der Waals surface area contributed by atoms with Crippen LogP contribution in [0.25, 0.3) is 22.2 Å². The molecule has 0 aliphatic heterocycles. The van der Waals surface area contributed by atoms with Crippen LogP contribution in [0.1, 0.15) is 16.1 Å². The quantitative estimate of drug-likeness (QED) is 0.532. The molecule has 2 aromatic heterocycles. The molecular formula is C21H18N2O2S. The van der Waals surface area contributed by atoms with Gasteiger partial charge in [0.15, 0.2) is 0 Å². The second-order valence-electron chi connectivity index (χ2n) is 6.32. The average Bonchev–Trinajstić information content (AvgIpc) is 3.21. The highest BCUT2D eigenvalue weighted by molar-refractivity contribution is 7.09. The van der Waals surface area contributed by atoms with Crippen molar-refractivity contribution in [3.8, 4) is 11.3 Å². The number of amides is 1. The second-order valence-corrected chi connectivity index (χ2v) is 7.38. The first-order valence-electron chi connectivity index (χ1n) is 8.37. The Labute approximate surface area is 155 Å². The molecule has 4 aromatic rings. The van der Waals surface area contributed by atoms with Gasteiger partial charge in [-0.3, -0.25) is 4.79 Å². The molecule has 5 heteroatoms. The number of fused-ring (bicyclic) bond motifs is 1. The standard InChI is InChI=1S/C21H18N2O2S/c1-13-6-7-18-16(11-25-20(18)8-13)10-21(24)23-17-5-3-4-15(9-17)19-12-26-14(2)22-19/h3-9,11-12H,10H2,1-2H3,(H,23,24). The van der Waals surface area contributed by atoms with Gasteiger partial charge in [-0.15, -0.1) is 11.3 Å². The Bertz CT molecular complexity index is 1090. The Morgan fingerprint density at radius 3 is 2.88 bits per heavy atom. The minimum Gasteiger partial charge on any atom is -0.464 e. The van der Waals surface area contributed by atoms with Crippen LogP contribution >= 0.6 is 11.3 Å². The topological polar surface area (TPSA) is 55.1 Å². The van der Waals surface area contributed by atoms with Crippen molar-refractivity contribution in [2.24, 2.45) is 0 Å². The van der Waals surface area contributed by atoms with Crippen LogP contribution in [-0.2, 0) is 11.2 Å². The first kappa shape index (κ1) is 16.5. The number of thiazole rings is 1. The molecule has 0 saturated carbocycles. The monoisotopic (exact) mass is 362 g/mol. The fraction of sp³-hybridized carbons (Fsp3) is 0.143. The van der Waals surface area contributed by atoms with Crippen LogP contribution in [0, 0.1) is 13.8 Å². The van der Waals surface area contributed by atoms with Crippen molar-refractivity contribution in [2.75, 3.05) is 5.32 Å². The highest BCUT2D eigenvalue weighted by Gasteiger charge is 2.11. The molecule has 0 saturated heterocycles. The number of anilines is 1. The number of carbonyl (C=O) groups excluding carboxylic acids is 1.